The number of aromatic nitrogens is 3. The number of benzene rings is 1. The van der Waals surface area contributed by atoms with Crippen molar-refractivity contribution >= 4 is 5.91 Å². The van der Waals surface area contributed by atoms with Crippen LogP contribution in [0.2, 0.25) is 0 Å². The molecule has 1 aromatic carbocycles. The first-order valence-electron chi connectivity index (χ1n) is 9.72. The lowest BCUT2D eigenvalue weighted by atomic mass is 10.1. The van der Waals surface area contributed by atoms with E-state index in [2.05, 4.69) is 58.9 Å². The summed E-state index contributed by atoms with van der Waals surface area (Å²) in [4.78, 5) is 14.8. The van der Waals surface area contributed by atoms with E-state index < -0.39 is 0 Å². The average molecular weight is 371 g/mol. The largest absolute Gasteiger partial charge is 0.347 e. The van der Waals surface area contributed by atoms with Crippen molar-refractivity contribution in [3.05, 3.63) is 47.3 Å². The second-order valence-electron chi connectivity index (χ2n) is 7.53. The van der Waals surface area contributed by atoms with Crippen LogP contribution >= 0.6 is 0 Å². The summed E-state index contributed by atoms with van der Waals surface area (Å²) in [6.07, 6.45) is 3.80. The lowest BCUT2D eigenvalue weighted by molar-refractivity contribution is 0.0945. The summed E-state index contributed by atoms with van der Waals surface area (Å²) in [6, 6.07) is 9.03. The van der Waals surface area contributed by atoms with Crippen LogP contribution in [0.4, 0.5) is 0 Å². The zero-order valence-electron chi connectivity index (χ0n) is 16.5. The van der Waals surface area contributed by atoms with Gasteiger partial charge in [-0.3, -0.25) is 9.69 Å². The zero-order chi connectivity index (χ0) is 19.2. The molecule has 7 heteroatoms. The number of hydrogen-bond donors (Lipinski definition) is 2. The molecule has 0 aliphatic carbocycles. The van der Waals surface area contributed by atoms with Crippen molar-refractivity contribution in [1.29, 1.82) is 0 Å². The molecule has 0 bridgehead atoms. The highest BCUT2D eigenvalue weighted by molar-refractivity contribution is 5.91. The molecule has 146 valence electrons. The van der Waals surface area contributed by atoms with E-state index in [9.17, 15) is 4.79 Å². The Hall–Kier alpha value is -2.25. The number of nitrogens with one attached hydrogen (secondary N) is 2. The summed E-state index contributed by atoms with van der Waals surface area (Å²) >= 11 is 0. The number of carbonyl (C=O) groups excluding carboxylic acids is 1. The van der Waals surface area contributed by atoms with Crippen LogP contribution in [0.3, 0.4) is 0 Å². The van der Waals surface area contributed by atoms with Crippen LogP contribution in [-0.2, 0) is 13.1 Å². The topological polar surface area (TPSA) is 75.1 Å². The van der Waals surface area contributed by atoms with Crippen LogP contribution in [0.15, 0.2) is 30.5 Å². The first kappa shape index (κ1) is 19.5. The third-order valence-corrected chi connectivity index (χ3v) is 5.28. The van der Waals surface area contributed by atoms with Gasteiger partial charge in [-0.2, -0.15) is 0 Å². The molecule has 3 rings (SSSR count). The molecule has 0 unspecified atom stereocenters. The van der Waals surface area contributed by atoms with Crippen LogP contribution in [0.25, 0.3) is 0 Å². The van der Waals surface area contributed by atoms with Crippen LogP contribution in [-0.4, -0.2) is 52.0 Å². The summed E-state index contributed by atoms with van der Waals surface area (Å²) in [5, 5.41) is 14.6. The van der Waals surface area contributed by atoms with E-state index in [0.29, 0.717) is 24.3 Å². The van der Waals surface area contributed by atoms with Gasteiger partial charge in [0.15, 0.2) is 5.69 Å². The van der Waals surface area contributed by atoms with Crippen molar-refractivity contribution in [3.63, 3.8) is 0 Å². The van der Waals surface area contributed by atoms with Crippen molar-refractivity contribution in [2.75, 3.05) is 20.1 Å². The SMILES string of the molecule is CC(C)N(C)Cc1ccccc1CNC(=O)c1cn(C2CCNCC2)nn1. The first-order chi connectivity index (χ1) is 13.0. The van der Waals surface area contributed by atoms with Crippen LogP contribution < -0.4 is 10.6 Å². The van der Waals surface area contributed by atoms with Gasteiger partial charge in [0, 0.05) is 19.1 Å². The molecule has 0 radical (unpaired) electrons. The molecule has 2 N–H and O–H groups in total. The van der Waals surface area contributed by atoms with Gasteiger partial charge in [-0.05, 0) is 58.0 Å². The molecule has 1 fully saturated rings. The van der Waals surface area contributed by atoms with Crippen molar-refractivity contribution in [2.45, 2.75) is 51.9 Å². The van der Waals surface area contributed by atoms with E-state index in [4.69, 9.17) is 0 Å². The summed E-state index contributed by atoms with van der Waals surface area (Å²) in [5.41, 5.74) is 2.74. The third kappa shape index (κ3) is 5.14. The van der Waals surface area contributed by atoms with Gasteiger partial charge in [-0.15, -0.1) is 5.10 Å². The van der Waals surface area contributed by atoms with E-state index in [1.54, 1.807) is 6.20 Å². The van der Waals surface area contributed by atoms with Gasteiger partial charge in [0.25, 0.3) is 5.91 Å². The molecule has 0 saturated carbocycles. The minimum Gasteiger partial charge on any atom is -0.347 e. The summed E-state index contributed by atoms with van der Waals surface area (Å²) in [6.45, 7) is 7.66. The number of nitrogens with zero attached hydrogens (tertiary/aromatic N) is 4. The minimum atomic E-state index is -0.179. The van der Waals surface area contributed by atoms with Gasteiger partial charge in [0.05, 0.1) is 12.2 Å². The van der Waals surface area contributed by atoms with Gasteiger partial charge in [-0.1, -0.05) is 29.5 Å². The highest BCUT2D eigenvalue weighted by Gasteiger charge is 2.19. The second kappa shape index (κ2) is 9.10. The molecule has 1 aliphatic rings. The lowest BCUT2D eigenvalue weighted by Gasteiger charge is -2.22. The predicted molar refractivity (Wildman–Crippen MR) is 105 cm³/mol. The fourth-order valence-electron chi connectivity index (χ4n) is 3.23. The smallest absolute Gasteiger partial charge is 0.273 e. The quantitative estimate of drug-likeness (QED) is 0.779. The Labute approximate surface area is 161 Å². The van der Waals surface area contributed by atoms with Crippen molar-refractivity contribution in [1.82, 2.24) is 30.5 Å². The lowest BCUT2D eigenvalue weighted by Crippen LogP contribution is -2.29. The van der Waals surface area contributed by atoms with Crippen molar-refractivity contribution in [3.8, 4) is 0 Å². The average Bonchev–Trinajstić information content (AvgIpc) is 3.18. The van der Waals surface area contributed by atoms with E-state index in [0.717, 1.165) is 38.0 Å². The number of hydrogen-bond acceptors (Lipinski definition) is 5. The number of carbonyl (C=O) groups is 1. The predicted octanol–water partition coefficient (Wildman–Crippen LogP) is 1.97. The molecular weight excluding hydrogens is 340 g/mol. The Kier molecular flexibility index (Phi) is 6.58. The van der Waals surface area contributed by atoms with Gasteiger partial charge < -0.3 is 10.6 Å². The van der Waals surface area contributed by atoms with Gasteiger partial charge in [0.2, 0.25) is 0 Å². The number of piperidine rings is 1. The standard InChI is InChI=1S/C20H30N6O/c1-15(2)25(3)13-17-7-5-4-6-16(17)12-22-20(27)19-14-26(24-23-19)18-8-10-21-11-9-18/h4-7,14-15,18,21H,8-13H2,1-3H3,(H,22,27). The fraction of sp³-hybridized carbons (Fsp3) is 0.550. The minimum absolute atomic E-state index is 0.179. The normalized spacial score (nSPS) is 15.4. The molecule has 1 amide bonds. The molecule has 1 aliphatic heterocycles. The van der Waals surface area contributed by atoms with Gasteiger partial charge in [0.1, 0.15) is 0 Å². The molecule has 1 saturated heterocycles. The van der Waals surface area contributed by atoms with Crippen molar-refractivity contribution in [2.24, 2.45) is 0 Å². The fourth-order valence-corrected chi connectivity index (χ4v) is 3.23. The Balaban J connectivity index is 1.60. The number of amides is 1. The molecular formula is C20H30N6O. The zero-order valence-corrected chi connectivity index (χ0v) is 16.5. The molecule has 27 heavy (non-hydrogen) atoms. The molecule has 0 atom stereocenters. The monoisotopic (exact) mass is 370 g/mol. The van der Waals surface area contributed by atoms with Crippen LogP contribution in [0.1, 0.15) is 54.3 Å². The Morgan fingerprint density at radius 2 is 2.00 bits per heavy atom. The summed E-state index contributed by atoms with van der Waals surface area (Å²) < 4.78 is 1.83. The Bertz CT molecular complexity index is 750. The Morgan fingerprint density at radius 1 is 1.30 bits per heavy atom. The molecule has 2 heterocycles. The highest BCUT2D eigenvalue weighted by Crippen LogP contribution is 2.17. The second-order valence-corrected chi connectivity index (χ2v) is 7.53. The van der Waals surface area contributed by atoms with E-state index in [-0.39, 0.29) is 5.91 Å². The molecule has 1 aromatic heterocycles. The third-order valence-electron chi connectivity index (χ3n) is 5.28. The van der Waals surface area contributed by atoms with Crippen molar-refractivity contribution < 1.29 is 4.79 Å². The van der Waals surface area contributed by atoms with E-state index in [1.807, 2.05) is 16.8 Å². The molecule has 0 spiro atoms. The maximum atomic E-state index is 12.5. The Morgan fingerprint density at radius 3 is 2.70 bits per heavy atom. The van der Waals surface area contributed by atoms with E-state index >= 15 is 0 Å². The van der Waals surface area contributed by atoms with Gasteiger partial charge in [-0.25, -0.2) is 4.68 Å². The number of rotatable bonds is 7. The van der Waals surface area contributed by atoms with Crippen LogP contribution in [0, 0.1) is 0 Å². The molecule has 2 aromatic rings. The van der Waals surface area contributed by atoms with Crippen LogP contribution in [0.5, 0.6) is 0 Å². The van der Waals surface area contributed by atoms with Gasteiger partial charge >= 0.3 is 0 Å². The molecule has 7 nitrogen and oxygen atoms in total. The maximum absolute atomic E-state index is 12.5. The summed E-state index contributed by atoms with van der Waals surface area (Å²) in [7, 11) is 2.11. The first-order valence-corrected chi connectivity index (χ1v) is 9.72. The highest BCUT2D eigenvalue weighted by atomic mass is 16.2. The van der Waals surface area contributed by atoms with E-state index in [1.165, 1.54) is 5.56 Å². The maximum Gasteiger partial charge on any atom is 0.273 e. The summed E-state index contributed by atoms with van der Waals surface area (Å²) in [5.74, 6) is -0.179.